The van der Waals surface area contributed by atoms with Crippen LogP contribution >= 0.6 is 0 Å². The van der Waals surface area contributed by atoms with Crippen LogP contribution in [0.5, 0.6) is 0 Å². The third-order valence-corrected chi connectivity index (χ3v) is 3.27. The van der Waals surface area contributed by atoms with Crippen molar-refractivity contribution in [2.75, 3.05) is 13.3 Å². The molecule has 1 fully saturated rings. The van der Waals surface area contributed by atoms with E-state index in [1.165, 1.54) is 0 Å². The molecule has 2 atom stereocenters. The van der Waals surface area contributed by atoms with E-state index in [1.54, 1.807) is 0 Å². The molecule has 2 N–H and O–H groups in total. The summed E-state index contributed by atoms with van der Waals surface area (Å²) in [6.07, 6.45) is 1.31. The van der Waals surface area contributed by atoms with Gasteiger partial charge in [-0.05, 0) is 47.6 Å². The Balaban J connectivity index is 2.67. The Labute approximate surface area is 115 Å². The lowest BCUT2D eigenvalue weighted by atomic mass is 9.82. The molecule has 5 nitrogen and oxygen atoms in total. The Hall–Kier alpha value is -0.650. The molecule has 0 aromatic heterocycles. The first kappa shape index (κ1) is 16.4. The van der Waals surface area contributed by atoms with E-state index in [2.05, 4.69) is 0 Å². The normalized spacial score (nSPS) is 25.2. The fourth-order valence-electron chi connectivity index (χ4n) is 2.02. The maximum atomic E-state index is 12.3. The van der Waals surface area contributed by atoms with Crippen LogP contribution in [-0.4, -0.2) is 37.1 Å². The van der Waals surface area contributed by atoms with Crippen molar-refractivity contribution in [3.8, 4) is 0 Å². The van der Waals surface area contributed by atoms with Crippen LogP contribution < -0.4 is 5.73 Å². The Morgan fingerprint density at radius 3 is 2.42 bits per heavy atom. The van der Waals surface area contributed by atoms with E-state index in [1.807, 2.05) is 34.6 Å². The molecule has 0 radical (unpaired) electrons. The van der Waals surface area contributed by atoms with Gasteiger partial charge >= 0.3 is 5.97 Å². The van der Waals surface area contributed by atoms with Crippen molar-refractivity contribution >= 4 is 5.97 Å². The molecule has 0 unspecified atom stereocenters. The second kappa shape index (κ2) is 6.20. The minimum Gasteiger partial charge on any atom is -0.459 e. The van der Waals surface area contributed by atoms with Gasteiger partial charge in [0.25, 0.3) is 0 Å². The molecule has 0 saturated carbocycles. The molecule has 1 heterocycles. The standard InChI is InChI=1S/C14H27NO4/c1-13(2,3)19-12(16)14(4,5)11-8-10(6-7-15)17-9-18-11/h10-11H,6-9,15H2,1-5H3/t10-,11-/m1/s1. The molecule has 0 aromatic rings. The van der Waals surface area contributed by atoms with Crippen LogP contribution in [0.15, 0.2) is 0 Å². The average molecular weight is 273 g/mol. The Kier molecular flexibility index (Phi) is 5.35. The summed E-state index contributed by atoms with van der Waals surface area (Å²) in [5, 5.41) is 0. The van der Waals surface area contributed by atoms with Crippen molar-refractivity contribution in [1.82, 2.24) is 0 Å². The molecule has 1 rings (SSSR count). The van der Waals surface area contributed by atoms with E-state index in [9.17, 15) is 4.79 Å². The quantitative estimate of drug-likeness (QED) is 0.791. The van der Waals surface area contributed by atoms with Crippen molar-refractivity contribution < 1.29 is 19.0 Å². The zero-order valence-corrected chi connectivity index (χ0v) is 12.7. The van der Waals surface area contributed by atoms with Gasteiger partial charge in [0.1, 0.15) is 12.4 Å². The summed E-state index contributed by atoms with van der Waals surface area (Å²) in [6, 6.07) is 0. The first-order valence-corrected chi connectivity index (χ1v) is 6.83. The van der Waals surface area contributed by atoms with Gasteiger partial charge in [-0.15, -0.1) is 0 Å². The topological polar surface area (TPSA) is 70.8 Å². The fourth-order valence-corrected chi connectivity index (χ4v) is 2.02. The Morgan fingerprint density at radius 1 is 1.26 bits per heavy atom. The summed E-state index contributed by atoms with van der Waals surface area (Å²) in [5.74, 6) is -0.238. The number of hydrogen-bond donors (Lipinski definition) is 1. The number of esters is 1. The smallest absolute Gasteiger partial charge is 0.314 e. The molecule has 112 valence electrons. The van der Waals surface area contributed by atoms with Crippen molar-refractivity contribution in [2.45, 2.75) is 65.3 Å². The van der Waals surface area contributed by atoms with Gasteiger partial charge in [0, 0.05) is 6.42 Å². The summed E-state index contributed by atoms with van der Waals surface area (Å²) in [4.78, 5) is 12.3. The van der Waals surface area contributed by atoms with E-state index in [-0.39, 0.29) is 25.0 Å². The van der Waals surface area contributed by atoms with Crippen molar-refractivity contribution in [1.29, 1.82) is 0 Å². The third-order valence-electron chi connectivity index (χ3n) is 3.27. The predicted molar refractivity (Wildman–Crippen MR) is 72.5 cm³/mol. The van der Waals surface area contributed by atoms with E-state index < -0.39 is 11.0 Å². The Bertz CT molecular complexity index is 307. The monoisotopic (exact) mass is 273 g/mol. The van der Waals surface area contributed by atoms with Crippen molar-refractivity contribution in [3.63, 3.8) is 0 Å². The third kappa shape index (κ3) is 4.75. The van der Waals surface area contributed by atoms with Gasteiger partial charge in [-0.2, -0.15) is 0 Å². The first-order chi connectivity index (χ1) is 8.66. The number of ether oxygens (including phenoxy) is 3. The minimum absolute atomic E-state index is 0.0606. The molecule has 0 aliphatic carbocycles. The van der Waals surface area contributed by atoms with Crippen molar-refractivity contribution in [2.24, 2.45) is 11.1 Å². The number of nitrogens with two attached hydrogens (primary N) is 1. The van der Waals surface area contributed by atoms with Gasteiger partial charge in [-0.1, -0.05) is 0 Å². The van der Waals surface area contributed by atoms with Crippen LogP contribution in [0, 0.1) is 5.41 Å². The van der Waals surface area contributed by atoms with E-state index >= 15 is 0 Å². The van der Waals surface area contributed by atoms with Gasteiger partial charge in [0.05, 0.1) is 17.6 Å². The average Bonchev–Trinajstić information content (AvgIpc) is 2.27. The maximum Gasteiger partial charge on any atom is 0.314 e. The number of rotatable bonds is 4. The largest absolute Gasteiger partial charge is 0.459 e. The van der Waals surface area contributed by atoms with Crippen LogP contribution in [-0.2, 0) is 19.0 Å². The molecule has 0 spiro atoms. The SMILES string of the molecule is CC(C)(C)OC(=O)C(C)(C)[C@H]1C[C@@H](CCN)OCO1. The number of carbonyl (C=O) groups is 1. The molecule has 1 aliphatic heterocycles. The molecular formula is C14H27NO4. The molecule has 1 saturated heterocycles. The highest BCUT2D eigenvalue weighted by Gasteiger charge is 2.43. The Morgan fingerprint density at radius 2 is 1.89 bits per heavy atom. The van der Waals surface area contributed by atoms with Crippen LogP contribution in [0.4, 0.5) is 0 Å². The van der Waals surface area contributed by atoms with Gasteiger partial charge in [0.15, 0.2) is 0 Å². The minimum atomic E-state index is -0.691. The molecule has 0 bridgehead atoms. The zero-order valence-electron chi connectivity index (χ0n) is 12.7. The zero-order chi connectivity index (χ0) is 14.7. The molecule has 0 aromatic carbocycles. The van der Waals surface area contributed by atoms with Crippen LogP contribution in [0.2, 0.25) is 0 Å². The highest BCUT2D eigenvalue weighted by molar-refractivity contribution is 5.77. The van der Waals surface area contributed by atoms with E-state index in [0.717, 1.165) is 6.42 Å². The molecular weight excluding hydrogens is 246 g/mol. The lowest BCUT2D eigenvalue weighted by Crippen LogP contribution is -2.47. The fraction of sp³-hybridized carbons (Fsp3) is 0.929. The predicted octanol–water partition coefficient (Wildman–Crippen LogP) is 1.83. The second-order valence-electron chi connectivity index (χ2n) is 6.60. The number of carbonyl (C=O) groups excluding carboxylic acids is 1. The summed E-state index contributed by atoms with van der Waals surface area (Å²) in [5.41, 5.74) is 4.36. The lowest BCUT2D eigenvalue weighted by Gasteiger charge is -2.39. The van der Waals surface area contributed by atoms with E-state index in [0.29, 0.717) is 13.0 Å². The highest BCUT2D eigenvalue weighted by atomic mass is 16.7. The first-order valence-electron chi connectivity index (χ1n) is 6.83. The van der Waals surface area contributed by atoms with Crippen LogP contribution in [0.25, 0.3) is 0 Å². The van der Waals surface area contributed by atoms with Crippen molar-refractivity contribution in [3.05, 3.63) is 0 Å². The van der Waals surface area contributed by atoms with Crippen LogP contribution in [0.3, 0.4) is 0 Å². The summed E-state index contributed by atoms with van der Waals surface area (Å²) < 4.78 is 16.5. The van der Waals surface area contributed by atoms with Gasteiger partial charge in [-0.25, -0.2) is 0 Å². The van der Waals surface area contributed by atoms with Gasteiger partial charge in [-0.3, -0.25) is 4.79 Å². The van der Waals surface area contributed by atoms with Crippen LogP contribution in [0.1, 0.15) is 47.5 Å². The highest BCUT2D eigenvalue weighted by Crippen LogP contribution is 2.33. The van der Waals surface area contributed by atoms with E-state index in [4.69, 9.17) is 19.9 Å². The molecule has 5 heteroatoms. The van der Waals surface area contributed by atoms with Gasteiger partial charge < -0.3 is 19.9 Å². The molecule has 1 aliphatic rings. The summed E-state index contributed by atoms with van der Waals surface area (Å²) in [7, 11) is 0. The summed E-state index contributed by atoms with van der Waals surface area (Å²) >= 11 is 0. The second-order valence-corrected chi connectivity index (χ2v) is 6.60. The maximum absolute atomic E-state index is 12.3. The molecule has 0 amide bonds. The lowest BCUT2D eigenvalue weighted by molar-refractivity contribution is -0.215. The number of hydrogen-bond acceptors (Lipinski definition) is 5. The summed E-state index contributed by atoms with van der Waals surface area (Å²) in [6.45, 7) is 10.1. The van der Waals surface area contributed by atoms with Gasteiger partial charge in [0.2, 0.25) is 0 Å². The molecule has 19 heavy (non-hydrogen) atoms.